The van der Waals surface area contributed by atoms with Gasteiger partial charge in [0.15, 0.2) is 0 Å². The molecule has 0 aliphatic carbocycles. The van der Waals surface area contributed by atoms with Crippen LogP contribution in [-0.2, 0) is 10.0 Å². The van der Waals surface area contributed by atoms with Gasteiger partial charge >= 0.3 is 0 Å². The molecule has 2 aromatic carbocycles. The molecular weight excluding hydrogens is 458 g/mol. The standard InChI is InChI=1S/C24H27N3O4S2/c1-3-31-21-11-10-20(15-22(21)33(29,30)27-12-5-4-6-13-27)26-23(28)18-8-7-9-19(14-18)24-25-17(2)16-32-24/h7-11,14-16H,3-6,12-13H2,1-2H3,(H,26,28). The highest BCUT2D eigenvalue weighted by molar-refractivity contribution is 7.89. The molecule has 0 bridgehead atoms. The van der Waals surface area contributed by atoms with Crippen LogP contribution in [0.15, 0.2) is 52.7 Å². The molecule has 1 aliphatic heterocycles. The van der Waals surface area contributed by atoms with Crippen molar-refractivity contribution in [2.24, 2.45) is 0 Å². The number of aryl methyl sites for hydroxylation is 1. The van der Waals surface area contributed by atoms with Crippen molar-refractivity contribution in [1.29, 1.82) is 0 Å². The number of nitrogens with one attached hydrogen (secondary N) is 1. The molecule has 7 nitrogen and oxygen atoms in total. The van der Waals surface area contributed by atoms with Crippen LogP contribution in [0.4, 0.5) is 5.69 Å². The smallest absolute Gasteiger partial charge is 0.255 e. The molecule has 0 spiro atoms. The fourth-order valence-electron chi connectivity index (χ4n) is 3.79. The van der Waals surface area contributed by atoms with E-state index < -0.39 is 10.0 Å². The van der Waals surface area contributed by atoms with Crippen LogP contribution in [0.5, 0.6) is 5.75 Å². The molecule has 1 aromatic heterocycles. The zero-order valence-electron chi connectivity index (χ0n) is 18.7. The Labute approximate surface area is 198 Å². The fourth-order valence-corrected chi connectivity index (χ4v) is 6.26. The summed E-state index contributed by atoms with van der Waals surface area (Å²) in [5, 5.41) is 5.64. The molecule has 1 N–H and O–H groups in total. The third-order valence-electron chi connectivity index (χ3n) is 5.42. The second-order valence-electron chi connectivity index (χ2n) is 7.89. The van der Waals surface area contributed by atoms with Crippen molar-refractivity contribution in [2.75, 3.05) is 25.0 Å². The van der Waals surface area contributed by atoms with Gasteiger partial charge in [0, 0.05) is 41.0 Å². The van der Waals surface area contributed by atoms with Crippen molar-refractivity contribution in [3.05, 3.63) is 59.1 Å². The number of aromatic nitrogens is 1. The number of nitrogens with zero attached hydrogens (tertiary/aromatic N) is 2. The maximum absolute atomic E-state index is 13.3. The molecule has 0 unspecified atom stereocenters. The maximum atomic E-state index is 13.3. The molecule has 3 aromatic rings. The summed E-state index contributed by atoms with van der Waals surface area (Å²) >= 11 is 1.52. The summed E-state index contributed by atoms with van der Waals surface area (Å²) in [6.45, 7) is 5.07. The van der Waals surface area contributed by atoms with E-state index in [1.54, 1.807) is 24.3 Å². The second-order valence-corrected chi connectivity index (χ2v) is 10.7. The molecule has 0 atom stereocenters. The van der Waals surface area contributed by atoms with Gasteiger partial charge in [0.2, 0.25) is 10.0 Å². The first-order valence-electron chi connectivity index (χ1n) is 11.0. The number of carbonyl (C=O) groups is 1. The fraction of sp³-hybridized carbons (Fsp3) is 0.333. The van der Waals surface area contributed by atoms with Gasteiger partial charge in [0.25, 0.3) is 5.91 Å². The lowest BCUT2D eigenvalue weighted by atomic mass is 10.1. The van der Waals surface area contributed by atoms with E-state index in [9.17, 15) is 13.2 Å². The molecule has 1 fully saturated rings. The summed E-state index contributed by atoms with van der Waals surface area (Å²) in [6.07, 6.45) is 2.71. The number of carbonyl (C=O) groups excluding carboxylic acids is 1. The van der Waals surface area contributed by atoms with Gasteiger partial charge in [-0.05, 0) is 57.0 Å². The van der Waals surface area contributed by atoms with Crippen LogP contribution in [0, 0.1) is 6.92 Å². The molecule has 1 aliphatic rings. The highest BCUT2D eigenvalue weighted by Gasteiger charge is 2.29. The normalized spacial score (nSPS) is 14.7. The summed E-state index contributed by atoms with van der Waals surface area (Å²) in [6, 6.07) is 12.0. The molecule has 1 saturated heterocycles. The number of benzene rings is 2. The Balaban J connectivity index is 1.61. The molecule has 0 radical (unpaired) electrons. The first-order valence-corrected chi connectivity index (χ1v) is 13.3. The number of sulfonamides is 1. The van der Waals surface area contributed by atoms with Crippen LogP contribution in [-0.4, -0.2) is 43.3 Å². The van der Waals surface area contributed by atoms with Gasteiger partial charge in [-0.3, -0.25) is 4.79 Å². The van der Waals surface area contributed by atoms with E-state index in [4.69, 9.17) is 4.74 Å². The van der Waals surface area contributed by atoms with Crippen LogP contribution >= 0.6 is 11.3 Å². The summed E-state index contributed by atoms with van der Waals surface area (Å²) in [5.74, 6) is -0.0298. The lowest BCUT2D eigenvalue weighted by molar-refractivity contribution is 0.102. The average molecular weight is 486 g/mol. The number of hydrogen-bond donors (Lipinski definition) is 1. The number of amides is 1. The molecule has 0 saturated carbocycles. The lowest BCUT2D eigenvalue weighted by Crippen LogP contribution is -2.35. The van der Waals surface area contributed by atoms with Crippen molar-refractivity contribution < 1.29 is 17.9 Å². The van der Waals surface area contributed by atoms with Crippen LogP contribution in [0.25, 0.3) is 10.6 Å². The molecule has 1 amide bonds. The van der Waals surface area contributed by atoms with Crippen molar-refractivity contribution in [3.63, 3.8) is 0 Å². The topological polar surface area (TPSA) is 88.6 Å². The highest BCUT2D eigenvalue weighted by atomic mass is 32.2. The number of thiazole rings is 1. The van der Waals surface area contributed by atoms with E-state index in [1.165, 1.54) is 21.7 Å². The van der Waals surface area contributed by atoms with E-state index in [2.05, 4.69) is 10.3 Å². The maximum Gasteiger partial charge on any atom is 0.255 e. The van der Waals surface area contributed by atoms with E-state index >= 15 is 0 Å². The number of piperidine rings is 1. The zero-order valence-corrected chi connectivity index (χ0v) is 20.3. The Morgan fingerprint density at radius 3 is 2.64 bits per heavy atom. The van der Waals surface area contributed by atoms with E-state index in [-0.39, 0.29) is 10.8 Å². The molecule has 174 valence electrons. The minimum Gasteiger partial charge on any atom is -0.492 e. The van der Waals surface area contributed by atoms with Gasteiger partial charge in [0.1, 0.15) is 15.7 Å². The zero-order chi connectivity index (χ0) is 23.4. The molecule has 9 heteroatoms. The van der Waals surface area contributed by atoms with Crippen molar-refractivity contribution >= 4 is 33.0 Å². The first kappa shape index (κ1) is 23.4. The van der Waals surface area contributed by atoms with Crippen LogP contribution in [0.3, 0.4) is 0 Å². The summed E-state index contributed by atoms with van der Waals surface area (Å²) < 4.78 is 33.7. The quantitative estimate of drug-likeness (QED) is 0.512. The number of rotatable bonds is 7. The minimum atomic E-state index is -3.73. The predicted molar refractivity (Wildman–Crippen MR) is 130 cm³/mol. The van der Waals surface area contributed by atoms with Gasteiger partial charge in [0.05, 0.1) is 6.61 Å². The van der Waals surface area contributed by atoms with Crippen molar-refractivity contribution in [1.82, 2.24) is 9.29 Å². The molecule has 33 heavy (non-hydrogen) atoms. The van der Waals surface area contributed by atoms with Crippen LogP contribution < -0.4 is 10.1 Å². The van der Waals surface area contributed by atoms with E-state index in [0.717, 1.165) is 35.5 Å². The van der Waals surface area contributed by atoms with Gasteiger partial charge in [-0.1, -0.05) is 18.6 Å². The van der Waals surface area contributed by atoms with Gasteiger partial charge in [-0.25, -0.2) is 13.4 Å². The summed E-state index contributed by atoms with van der Waals surface area (Å²) in [4.78, 5) is 17.5. The first-order chi connectivity index (χ1) is 15.9. The van der Waals surface area contributed by atoms with Gasteiger partial charge in [-0.15, -0.1) is 11.3 Å². The number of ether oxygens (including phenoxy) is 1. The monoisotopic (exact) mass is 485 g/mol. The summed E-state index contributed by atoms with van der Waals surface area (Å²) in [7, 11) is -3.73. The lowest BCUT2D eigenvalue weighted by Gasteiger charge is -2.27. The number of hydrogen-bond acceptors (Lipinski definition) is 6. The van der Waals surface area contributed by atoms with Crippen LogP contribution in [0.2, 0.25) is 0 Å². The Morgan fingerprint density at radius 1 is 1.15 bits per heavy atom. The highest BCUT2D eigenvalue weighted by Crippen LogP contribution is 2.32. The number of anilines is 1. The third-order valence-corrected chi connectivity index (χ3v) is 8.35. The predicted octanol–water partition coefficient (Wildman–Crippen LogP) is 4.94. The SMILES string of the molecule is CCOc1ccc(NC(=O)c2cccc(-c3nc(C)cs3)c2)cc1S(=O)(=O)N1CCCCC1. The van der Waals surface area contributed by atoms with Crippen LogP contribution in [0.1, 0.15) is 42.2 Å². The third kappa shape index (κ3) is 5.26. The minimum absolute atomic E-state index is 0.0797. The molecule has 4 rings (SSSR count). The average Bonchev–Trinajstić information content (AvgIpc) is 3.27. The Bertz CT molecular complexity index is 1250. The van der Waals surface area contributed by atoms with Crippen molar-refractivity contribution in [2.45, 2.75) is 38.0 Å². The second kappa shape index (κ2) is 10.0. The van der Waals surface area contributed by atoms with Gasteiger partial charge < -0.3 is 10.1 Å². The summed E-state index contributed by atoms with van der Waals surface area (Å²) in [5.41, 5.74) is 2.66. The molecule has 2 heterocycles. The largest absolute Gasteiger partial charge is 0.492 e. The van der Waals surface area contributed by atoms with E-state index in [1.807, 2.05) is 31.4 Å². The molecular formula is C24H27N3O4S2. The Hall–Kier alpha value is -2.75. The Kier molecular flexibility index (Phi) is 7.11. The van der Waals surface area contributed by atoms with Crippen molar-refractivity contribution in [3.8, 4) is 16.3 Å². The van der Waals surface area contributed by atoms with E-state index in [0.29, 0.717) is 36.7 Å². The Morgan fingerprint density at radius 2 is 1.94 bits per heavy atom. The van der Waals surface area contributed by atoms with Gasteiger partial charge in [-0.2, -0.15) is 4.31 Å².